The molecule has 0 amide bonds. The first-order chi connectivity index (χ1) is 15.8. The van der Waals surface area contributed by atoms with Crippen molar-refractivity contribution in [2.24, 2.45) is 0 Å². The maximum Gasteiger partial charge on any atom is 0.421 e. The van der Waals surface area contributed by atoms with Crippen molar-refractivity contribution in [3.05, 3.63) is 106 Å². The van der Waals surface area contributed by atoms with Gasteiger partial charge in [0, 0.05) is 6.07 Å². The van der Waals surface area contributed by atoms with E-state index in [0.717, 1.165) is 23.7 Å². The summed E-state index contributed by atoms with van der Waals surface area (Å²) in [6.07, 6.45) is -3.31. The Bertz CT molecular complexity index is 1380. The molecule has 0 unspecified atom stereocenters. The SMILES string of the molecule is O=[N+]([O-])c1cnc(Oc2ccc(-c3cccc4c3Cc3ccccc3-4)cc2)c(C(F)(F)F)c1. The molecule has 0 radical (unpaired) electrons. The van der Waals surface area contributed by atoms with Crippen molar-refractivity contribution >= 4 is 5.69 Å². The molecule has 5 rings (SSSR count). The molecule has 0 saturated heterocycles. The maximum absolute atomic E-state index is 13.4. The fourth-order valence-electron chi connectivity index (χ4n) is 4.07. The minimum Gasteiger partial charge on any atom is -0.438 e. The number of benzene rings is 3. The highest BCUT2D eigenvalue weighted by Crippen LogP contribution is 2.42. The lowest BCUT2D eigenvalue weighted by Gasteiger charge is -2.13. The van der Waals surface area contributed by atoms with Crippen LogP contribution in [0.15, 0.2) is 79.0 Å². The molecule has 0 atom stereocenters. The smallest absolute Gasteiger partial charge is 0.421 e. The summed E-state index contributed by atoms with van der Waals surface area (Å²) in [7, 11) is 0. The number of rotatable bonds is 4. The Balaban J connectivity index is 1.45. The summed E-state index contributed by atoms with van der Waals surface area (Å²) in [5, 5.41) is 10.8. The standard InChI is InChI=1S/C25H15F3N2O3/c26-25(27,28)23-13-17(30(31)32)14-29-24(23)33-18-10-8-15(9-11-18)19-6-3-7-21-20-5-2-1-4-16(20)12-22(19)21/h1-11,13-14H,12H2. The van der Waals surface area contributed by atoms with E-state index in [2.05, 4.69) is 23.2 Å². The summed E-state index contributed by atoms with van der Waals surface area (Å²) < 4.78 is 45.5. The number of hydrogen-bond donors (Lipinski definition) is 0. The number of halogens is 3. The van der Waals surface area contributed by atoms with E-state index in [4.69, 9.17) is 4.74 Å². The van der Waals surface area contributed by atoms with Crippen LogP contribution < -0.4 is 4.74 Å². The molecule has 0 N–H and O–H groups in total. The van der Waals surface area contributed by atoms with E-state index in [0.29, 0.717) is 6.07 Å². The predicted molar refractivity (Wildman–Crippen MR) is 116 cm³/mol. The number of alkyl halides is 3. The average Bonchev–Trinajstić information content (AvgIpc) is 3.18. The van der Waals surface area contributed by atoms with Gasteiger partial charge in [0.15, 0.2) is 0 Å². The van der Waals surface area contributed by atoms with Crippen molar-refractivity contribution in [3.8, 4) is 33.9 Å². The summed E-state index contributed by atoms with van der Waals surface area (Å²) in [5.41, 5.74) is 4.71. The van der Waals surface area contributed by atoms with Gasteiger partial charge < -0.3 is 4.74 Å². The largest absolute Gasteiger partial charge is 0.438 e. The molecule has 4 aromatic rings. The number of hydrogen-bond acceptors (Lipinski definition) is 4. The topological polar surface area (TPSA) is 65.3 Å². The van der Waals surface area contributed by atoms with Crippen LogP contribution in [-0.4, -0.2) is 9.91 Å². The van der Waals surface area contributed by atoms with Crippen molar-refractivity contribution in [1.29, 1.82) is 0 Å². The molecular weight excluding hydrogens is 433 g/mol. The zero-order valence-electron chi connectivity index (χ0n) is 17.0. The van der Waals surface area contributed by atoms with Crippen molar-refractivity contribution in [3.63, 3.8) is 0 Å². The van der Waals surface area contributed by atoms with Gasteiger partial charge in [-0.2, -0.15) is 13.2 Å². The fraction of sp³-hybridized carbons (Fsp3) is 0.0800. The zero-order valence-corrected chi connectivity index (χ0v) is 17.0. The van der Waals surface area contributed by atoms with E-state index in [1.54, 1.807) is 24.3 Å². The number of pyridine rings is 1. The Morgan fingerprint density at radius 1 is 0.909 bits per heavy atom. The van der Waals surface area contributed by atoms with Crippen LogP contribution in [0.4, 0.5) is 18.9 Å². The molecule has 33 heavy (non-hydrogen) atoms. The highest BCUT2D eigenvalue weighted by Gasteiger charge is 2.37. The second-order valence-electron chi connectivity index (χ2n) is 7.59. The van der Waals surface area contributed by atoms with Gasteiger partial charge in [-0.25, -0.2) is 4.98 Å². The lowest BCUT2D eigenvalue weighted by atomic mass is 9.96. The molecule has 1 aliphatic carbocycles. The molecule has 0 fully saturated rings. The molecule has 3 aromatic carbocycles. The molecule has 0 aliphatic heterocycles. The van der Waals surface area contributed by atoms with E-state index in [-0.39, 0.29) is 5.75 Å². The highest BCUT2D eigenvalue weighted by molar-refractivity contribution is 5.84. The minimum absolute atomic E-state index is 0.140. The van der Waals surface area contributed by atoms with Crippen LogP contribution >= 0.6 is 0 Å². The van der Waals surface area contributed by atoms with Gasteiger partial charge in [0.25, 0.3) is 5.69 Å². The summed E-state index contributed by atoms with van der Waals surface area (Å²) in [4.78, 5) is 13.4. The van der Waals surface area contributed by atoms with Gasteiger partial charge in [-0.3, -0.25) is 10.1 Å². The second kappa shape index (κ2) is 7.74. The third kappa shape index (κ3) is 3.80. The van der Waals surface area contributed by atoms with Gasteiger partial charge in [-0.05, 0) is 51.9 Å². The van der Waals surface area contributed by atoms with E-state index in [1.165, 1.54) is 22.3 Å². The number of nitrogens with zero attached hydrogens (tertiary/aromatic N) is 2. The maximum atomic E-state index is 13.4. The number of nitro groups is 1. The quantitative estimate of drug-likeness (QED) is 0.219. The van der Waals surface area contributed by atoms with E-state index >= 15 is 0 Å². The lowest BCUT2D eigenvalue weighted by Crippen LogP contribution is -2.09. The molecular formula is C25H15F3N2O3. The molecule has 8 heteroatoms. The molecule has 1 aromatic heterocycles. The first-order valence-electron chi connectivity index (χ1n) is 10.0. The predicted octanol–water partition coefficient (Wildman–Crippen LogP) is 7.04. The van der Waals surface area contributed by atoms with Crippen LogP contribution in [0.5, 0.6) is 11.6 Å². The molecule has 5 nitrogen and oxygen atoms in total. The average molecular weight is 448 g/mol. The van der Waals surface area contributed by atoms with E-state index < -0.39 is 28.2 Å². The van der Waals surface area contributed by atoms with Crippen molar-refractivity contribution in [2.45, 2.75) is 12.6 Å². The third-order valence-corrected chi connectivity index (χ3v) is 5.58. The summed E-state index contributed by atoms with van der Waals surface area (Å²) in [6.45, 7) is 0. The van der Waals surface area contributed by atoms with Crippen LogP contribution in [0.2, 0.25) is 0 Å². The Kier molecular flexibility index (Phi) is 4.85. The molecule has 0 saturated carbocycles. The van der Waals surface area contributed by atoms with Crippen molar-refractivity contribution in [2.75, 3.05) is 0 Å². The van der Waals surface area contributed by atoms with Crippen LogP contribution in [0, 0.1) is 10.1 Å². The third-order valence-electron chi connectivity index (χ3n) is 5.58. The summed E-state index contributed by atoms with van der Waals surface area (Å²) in [6, 6.07) is 21.4. The van der Waals surface area contributed by atoms with Crippen LogP contribution in [-0.2, 0) is 12.6 Å². The van der Waals surface area contributed by atoms with Crippen LogP contribution in [0.1, 0.15) is 16.7 Å². The Morgan fingerprint density at radius 3 is 2.33 bits per heavy atom. The summed E-state index contributed by atoms with van der Waals surface area (Å²) in [5.74, 6) is -0.599. The minimum atomic E-state index is -4.85. The number of ether oxygens (including phenoxy) is 1. The first-order valence-corrected chi connectivity index (χ1v) is 10.0. The monoisotopic (exact) mass is 448 g/mol. The highest BCUT2D eigenvalue weighted by atomic mass is 19.4. The van der Waals surface area contributed by atoms with Crippen LogP contribution in [0.3, 0.4) is 0 Å². The van der Waals surface area contributed by atoms with E-state index in [1.807, 2.05) is 24.3 Å². The molecule has 1 heterocycles. The van der Waals surface area contributed by atoms with Gasteiger partial charge >= 0.3 is 6.18 Å². The van der Waals surface area contributed by atoms with Gasteiger partial charge in [-0.15, -0.1) is 0 Å². The van der Waals surface area contributed by atoms with Crippen molar-refractivity contribution in [1.82, 2.24) is 4.98 Å². The number of aromatic nitrogens is 1. The van der Waals surface area contributed by atoms with E-state index in [9.17, 15) is 23.3 Å². The summed E-state index contributed by atoms with van der Waals surface area (Å²) >= 11 is 0. The first kappa shape index (κ1) is 20.7. The van der Waals surface area contributed by atoms with Gasteiger partial charge in [0.05, 0.1) is 4.92 Å². The molecule has 0 spiro atoms. The van der Waals surface area contributed by atoms with Gasteiger partial charge in [-0.1, -0.05) is 54.6 Å². The Labute approximate surface area is 186 Å². The lowest BCUT2D eigenvalue weighted by molar-refractivity contribution is -0.385. The van der Waals surface area contributed by atoms with Gasteiger partial charge in [0.1, 0.15) is 17.5 Å². The second-order valence-corrected chi connectivity index (χ2v) is 7.59. The zero-order chi connectivity index (χ0) is 23.2. The number of fused-ring (bicyclic) bond motifs is 3. The fourth-order valence-corrected chi connectivity index (χ4v) is 4.07. The van der Waals surface area contributed by atoms with Gasteiger partial charge in [0.2, 0.25) is 5.88 Å². The molecule has 1 aliphatic rings. The molecule has 0 bridgehead atoms. The normalized spacial score (nSPS) is 12.2. The van der Waals surface area contributed by atoms with Crippen molar-refractivity contribution < 1.29 is 22.8 Å². The Morgan fingerprint density at radius 2 is 1.61 bits per heavy atom. The van der Waals surface area contributed by atoms with Crippen LogP contribution in [0.25, 0.3) is 22.3 Å². The molecule has 164 valence electrons. The Hall–Kier alpha value is -4.20.